The highest BCUT2D eigenvalue weighted by Crippen LogP contribution is 2.49. The van der Waals surface area contributed by atoms with Gasteiger partial charge in [0.15, 0.2) is 0 Å². The summed E-state index contributed by atoms with van der Waals surface area (Å²) in [6.45, 7) is 0.0951. The van der Waals surface area contributed by atoms with Gasteiger partial charge < -0.3 is 14.6 Å². The van der Waals surface area contributed by atoms with E-state index in [9.17, 15) is 9.18 Å². The van der Waals surface area contributed by atoms with E-state index in [4.69, 9.17) is 9.84 Å². The summed E-state index contributed by atoms with van der Waals surface area (Å²) in [6.07, 6.45) is 2.16. The van der Waals surface area contributed by atoms with E-state index in [2.05, 4.69) is 4.74 Å². The molecule has 1 saturated carbocycles. The zero-order chi connectivity index (χ0) is 13.9. The summed E-state index contributed by atoms with van der Waals surface area (Å²) >= 11 is 0. The lowest BCUT2D eigenvalue weighted by Crippen LogP contribution is -2.18. The summed E-state index contributed by atoms with van der Waals surface area (Å²) < 4.78 is 23.3. The average molecular weight is 268 g/mol. The molecule has 1 aromatic carbocycles. The number of rotatable bonds is 6. The van der Waals surface area contributed by atoms with Crippen LogP contribution in [0.25, 0.3) is 0 Å². The van der Waals surface area contributed by atoms with Crippen molar-refractivity contribution in [3.8, 4) is 5.75 Å². The number of esters is 1. The summed E-state index contributed by atoms with van der Waals surface area (Å²) in [6, 6.07) is 4.03. The van der Waals surface area contributed by atoms with Gasteiger partial charge in [0.25, 0.3) is 0 Å². The number of halogens is 1. The molecule has 1 N–H and O–H groups in total. The van der Waals surface area contributed by atoms with E-state index in [1.807, 2.05) is 0 Å². The Morgan fingerprint density at radius 3 is 2.79 bits per heavy atom. The largest absolute Gasteiger partial charge is 0.493 e. The Kier molecular flexibility index (Phi) is 4.04. The molecule has 0 aliphatic heterocycles. The monoisotopic (exact) mass is 268 g/mol. The van der Waals surface area contributed by atoms with Crippen molar-refractivity contribution < 1.29 is 23.8 Å². The SMILES string of the molecule is COC(=O)CC1(COc2ccc(F)cc2CO)CC1. The highest BCUT2D eigenvalue weighted by molar-refractivity contribution is 5.70. The molecule has 0 aromatic heterocycles. The van der Waals surface area contributed by atoms with Crippen LogP contribution in [0.1, 0.15) is 24.8 Å². The van der Waals surface area contributed by atoms with Crippen LogP contribution >= 0.6 is 0 Å². The van der Waals surface area contributed by atoms with Crippen LogP contribution in [-0.4, -0.2) is 24.8 Å². The quantitative estimate of drug-likeness (QED) is 0.802. The van der Waals surface area contributed by atoms with E-state index in [-0.39, 0.29) is 18.0 Å². The van der Waals surface area contributed by atoms with Crippen molar-refractivity contribution in [2.45, 2.75) is 25.9 Å². The number of aliphatic hydroxyl groups excluding tert-OH is 1. The minimum Gasteiger partial charge on any atom is -0.493 e. The van der Waals surface area contributed by atoms with Crippen molar-refractivity contribution in [3.63, 3.8) is 0 Å². The molecule has 4 nitrogen and oxygen atoms in total. The summed E-state index contributed by atoms with van der Waals surface area (Å²) in [5.74, 6) is -0.199. The summed E-state index contributed by atoms with van der Waals surface area (Å²) in [5, 5.41) is 9.15. The van der Waals surface area contributed by atoms with Crippen LogP contribution in [0.15, 0.2) is 18.2 Å². The van der Waals surface area contributed by atoms with Crippen LogP contribution in [0, 0.1) is 11.2 Å². The normalized spacial score (nSPS) is 15.9. The predicted molar refractivity (Wildman–Crippen MR) is 66.1 cm³/mol. The maximum Gasteiger partial charge on any atom is 0.306 e. The van der Waals surface area contributed by atoms with E-state index >= 15 is 0 Å². The van der Waals surface area contributed by atoms with Crippen LogP contribution in [0.3, 0.4) is 0 Å². The Morgan fingerprint density at radius 2 is 2.21 bits per heavy atom. The molecule has 0 spiro atoms. The topological polar surface area (TPSA) is 55.8 Å². The Balaban J connectivity index is 1.97. The molecular formula is C14H17FO4. The van der Waals surface area contributed by atoms with Gasteiger partial charge in [0.2, 0.25) is 0 Å². The third-order valence-corrected chi connectivity index (χ3v) is 3.43. The highest BCUT2D eigenvalue weighted by Gasteiger charge is 2.45. The van der Waals surface area contributed by atoms with E-state index in [0.717, 1.165) is 12.8 Å². The Hall–Kier alpha value is -1.62. The minimum absolute atomic E-state index is 0.159. The maximum atomic E-state index is 13.0. The van der Waals surface area contributed by atoms with Crippen molar-refractivity contribution in [2.24, 2.45) is 5.41 Å². The number of hydrogen-bond acceptors (Lipinski definition) is 4. The first-order valence-electron chi connectivity index (χ1n) is 6.17. The fourth-order valence-corrected chi connectivity index (χ4v) is 1.97. The second-order valence-electron chi connectivity index (χ2n) is 4.95. The smallest absolute Gasteiger partial charge is 0.306 e. The molecule has 0 radical (unpaired) electrons. The van der Waals surface area contributed by atoms with Gasteiger partial charge in [-0.3, -0.25) is 4.79 Å². The van der Waals surface area contributed by atoms with E-state index in [1.165, 1.54) is 25.3 Å². The first-order valence-corrected chi connectivity index (χ1v) is 6.17. The zero-order valence-corrected chi connectivity index (χ0v) is 10.8. The van der Waals surface area contributed by atoms with Crippen molar-refractivity contribution in [1.82, 2.24) is 0 Å². The molecule has 0 unspecified atom stereocenters. The lowest BCUT2D eigenvalue weighted by Gasteiger charge is -2.16. The van der Waals surface area contributed by atoms with Gasteiger partial charge in [-0.1, -0.05) is 0 Å². The van der Waals surface area contributed by atoms with Gasteiger partial charge in [0, 0.05) is 11.0 Å². The van der Waals surface area contributed by atoms with Crippen molar-refractivity contribution in [2.75, 3.05) is 13.7 Å². The molecule has 0 atom stereocenters. The summed E-state index contributed by atoms with van der Waals surface area (Å²) in [5.41, 5.74) is 0.252. The van der Waals surface area contributed by atoms with E-state index < -0.39 is 5.82 Å². The van der Waals surface area contributed by atoms with Gasteiger partial charge in [0.1, 0.15) is 11.6 Å². The predicted octanol–water partition coefficient (Wildman–Crippen LogP) is 2.04. The molecule has 1 fully saturated rings. The molecule has 104 valence electrons. The third-order valence-electron chi connectivity index (χ3n) is 3.43. The second kappa shape index (κ2) is 5.57. The number of benzene rings is 1. The lowest BCUT2D eigenvalue weighted by molar-refractivity contribution is -0.142. The van der Waals surface area contributed by atoms with E-state index in [1.54, 1.807) is 0 Å². The number of carbonyl (C=O) groups excluding carboxylic acids is 1. The van der Waals surface area contributed by atoms with Gasteiger partial charge in [-0.05, 0) is 31.0 Å². The van der Waals surface area contributed by atoms with Crippen LogP contribution < -0.4 is 4.74 Å². The van der Waals surface area contributed by atoms with Crippen LogP contribution in [0.5, 0.6) is 5.75 Å². The molecule has 2 rings (SSSR count). The molecule has 0 saturated heterocycles. The minimum atomic E-state index is -0.410. The van der Waals surface area contributed by atoms with Gasteiger partial charge in [-0.2, -0.15) is 0 Å². The Bertz CT molecular complexity index is 469. The number of aliphatic hydroxyl groups is 1. The van der Waals surface area contributed by atoms with Crippen LogP contribution in [0.2, 0.25) is 0 Å². The van der Waals surface area contributed by atoms with E-state index in [0.29, 0.717) is 24.3 Å². The molecule has 1 aliphatic rings. The van der Waals surface area contributed by atoms with Gasteiger partial charge in [0.05, 0.1) is 26.7 Å². The first kappa shape index (κ1) is 13.8. The van der Waals surface area contributed by atoms with Crippen molar-refractivity contribution >= 4 is 5.97 Å². The van der Waals surface area contributed by atoms with Gasteiger partial charge >= 0.3 is 5.97 Å². The average Bonchev–Trinajstić information content (AvgIpc) is 3.17. The Labute approximate surface area is 111 Å². The third kappa shape index (κ3) is 3.44. The molecule has 0 bridgehead atoms. The number of carbonyl (C=O) groups is 1. The molecule has 1 aromatic rings. The summed E-state index contributed by atoms with van der Waals surface area (Å²) in [4.78, 5) is 11.3. The molecule has 0 amide bonds. The van der Waals surface area contributed by atoms with Crippen molar-refractivity contribution in [3.05, 3.63) is 29.6 Å². The molecule has 5 heteroatoms. The van der Waals surface area contributed by atoms with Crippen LogP contribution in [0.4, 0.5) is 4.39 Å². The van der Waals surface area contributed by atoms with Crippen molar-refractivity contribution in [1.29, 1.82) is 0 Å². The molecule has 0 heterocycles. The fraction of sp³-hybridized carbons (Fsp3) is 0.500. The lowest BCUT2D eigenvalue weighted by atomic mass is 10.0. The molecular weight excluding hydrogens is 251 g/mol. The standard InChI is InChI=1S/C14H17FO4/c1-18-13(17)7-14(4-5-14)9-19-12-3-2-11(15)6-10(12)8-16/h2-3,6,16H,4-5,7-9H2,1H3. The zero-order valence-electron chi connectivity index (χ0n) is 10.8. The molecule has 1 aliphatic carbocycles. The van der Waals surface area contributed by atoms with Gasteiger partial charge in [-0.15, -0.1) is 0 Å². The van der Waals surface area contributed by atoms with Gasteiger partial charge in [-0.25, -0.2) is 4.39 Å². The number of methoxy groups -OCH3 is 1. The maximum absolute atomic E-state index is 13.0. The molecule has 19 heavy (non-hydrogen) atoms. The summed E-state index contributed by atoms with van der Waals surface area (Å²) in [7, 11) is 1.36. The Morgan fingerprint density at radius 1 is 1.47 bits per heavy atom. The second-order valence-corrected chi connectivity index (χ2v) is 4.95. The first-order chi connectivity index (χ1) is 9.08. The van der Waals surface area contributed by atoms with Crippen LogP contribution in [-0.2, 0) is 16.1 Å². The highest BCUT2D eigenvalue weighted by atomic mass is 19.1. The number of hydrogen-bond donors (Lipinski definition) is 1. The number of ether oxygens (including phenoxy) is 2. The fourth-order valence-electron chi connectivity index (χ4n) is 1.97.